The SMILES string of the molecule is CC.Cc1nc2ccccc2[n+]([O-])n1. The molecule has 14 heavy (non-hydrogen) atoms. The number of benzene rings is 1. The summed E-state index contributed by atoms with van der Waals surface area (Å²) in [5.41, 5.74) is 1.18. The Hall–Kier alpha value is -1.71. The average Bonchev–Trinajstić information content (AvgIpc) is 2.20. The first-order chi connectivity index (χ1) is 6.77. The van der Waals surface area contributed by atoms with Gasteiger partial charge < -0.3 is 5.21 Å². The van der Waals surface area contributed by atoms with Gasteiger partial charge in [-0.05, 0) is 10.9 Å². The smallest absolute Gasteiger partial charge is 0.270 e. The van der Waals surface area contributed by atoms with Crippen molar-refractivity contribution in [2.24, 2.45) is 0 Å². The maximum absolute atomic E-state index is 11.2. The molecule has 0 aliphatic rings. The van der Waals surface area contributed by atoms with Crippen molar-refractivity contribution in [2.45, 2.75) is 20.8 Å². The van der Waals surface area contributed by atoms with Crippen molar-refractivity contribution in [2.75, 3.05) is 0 Å². The van der Waals surface area contributed by atoms with Gasteiger partial charge in [-0.2, -0.15) is 0 Å². The normalized spacial score (nSPS) is 9.36. The Morgan fingerprint density at radius 1 is 1.21 bits per heavy atom. The molecule has 4 nitrogen and oxygen atoms in total. The number of rotatable bonds is 0. The zero-order valence-electron chi connectivity index (χ0n) is 8.56. The number of fused-ring (bicyclic) bond motifs is 1. The fourth-order valence-corrected chi connectivity index (χ4v) is 1.10. The predicted octanol–water partition coefficient (Wildman–Crippen LogP) is 1.60. The van der Waals surface area contributed by atoms with Crippen LogP contribution in [0.25, 0.3) is 11.0 Å². The molecular weight excluding hydrogens is 178 g/mol. The Morgan fingerprint density at radius 3 is 2.57 bits per heavy atom. The second-order valence-corrected chi connectivity index (χ2v) is 2.52. The highest BCUT2D eigenvalue weighted by atomic mass is 16.5. The van der Waals surface area contributed by atoms with Gasteiger partial charge in [0, 0.05) is 18.1 Å². The summed E-state index contributed by atoms with van der Waals surface area (Å²) in [5, 5.41) is 14.8. The number of aromatic nitrogens is 3. The standard InChI is InChI=1S/C8H7N3O.C2H6/c1-6-9-7-4-2-3-5-8(7)11(12)10-6;1-2/h2-5H,1H3;1-2H3. The highest BCUT2D eigenvalue weighted by Crippen LogP contribution is 2.03. The maximum Gasteiger partial charge on any atom is 0.270 e. The van der Waals surface area contributed by atoms with Crippen molar-refractivity contribution in [3.8, 4) is 0 Å². The van der Waals surface area contributed by atoms with Gasteiger partial charge in [0.15, 0.2) is 5.82 Å². The predicted molar refractivity (Wildman–Crippen MR) is 54.6 cm³/mol. The van der Waals surface area contributed by atoms with Gasteiger partial charge in [0.2, 0.25) is 0 Å². The molecule has 0 bridgehead atoms. The molecule has 74 valence electrons. The second-order valence-electron chi connectivity index (χ2n) is 2.52. The highest BCUT2D eigenvalue weighted by Gasteiger charge is 2.05. The summed E-state index contributed by atoms with van der Waals surface area (Å²) in [4.78, 5) is 4.70. The Labute approximate surface area is 82.8 Å². The number of hydrogen-bond donors (Lipinski definition) is 0. The lowest BCUT2D eigenvalue weighted by molar-refractivity contribution is -0.643. The molecule has 0 fully saturated rings. The molecule has 0 aliphatic heterocycles. The zero-order valence-corrected chi connectivity index (χ0v) is 8.56. The minimum absolute atomic E-state index is 0.490. The van der Waals surface area contributed by atoms with Gasteiger partial charge in [-0.15, -0.1) is 0 Å². The van der Waals surface area contributed by atoms with Crippen LogP contribution in [0.3, 0.4) is 0 Å². The Morgan fingerprint density at radius 2 is 1.86 bits per heavy atom. The molecule has 0 atom stereocenters. The van der Waals surface area contributed by atoms with E-state index in [1.54, 1.807) is 25.1 Å². The van der Waals surface area contributed by atoms with Gasteiger partial charge in [-0.3, -0.25) is 0 Å². The van der Waals surface area contributed by atoms with Gasteiger partial charge in [0.1, 0.15) is 5.52 Å². The van der Waals surface area contributed by atoms with Crippen LogP contribution >= 0.6 is 0 Å². The molecule has 0 aliphatic carbocycles. The van der Waals surface area contributed by atoms with Gasteiger partial charge in [-0.25, -0.2) is 4.98 Å². The van der Waals surface area contributed by atoms with E-state index in [-0.39, 0.29) is 0 Å². The summed E-state index contributed by atoms with van der Waals surface area (Å²) < 4.78 is 0. The first-order valence-electron chi connectivity index (χ1n) is 4.60. The van der Waals surface area contributed by atoms with E-state index in [0.29, 0.717) is 21.7 Å². The molecular formula is C10H13N3O. The molecule has 0 amide bonds. The van der Waals surface area contributed by atoms with E-state index in [4.69, 9.17) is 0 Å². The van der Waals surface area contributed by atoms with Crippen LogP contribution in [0.5, 0.6) is 0 Å². The van der Waals surface area contributed by atoms with Gasteiger partial charge in [-0.1, -0.05) is 26.0 Å². The lowest BCUT2D eigenvalue weighted by atomic mass is 10.3. The topological polar surface area (TPSA) is 52.7 Å². The molecule has 1 heterocycles. The Balaban J connectivity index is 0.000000461. The molecule has 0 spiro atoms. The third-order valence-corrected chi connectivity index (χ3v) is 1.61. The number of aryl methyl sites for hydroxylation is 1. The number of hydrogen-bond acceptors (Lipinski definition) is 3. The van der Waals surface area contributed by atoms with E-state index in [1.165, 1.54) is 0 Å². The molecule has 1 aromatic carbocycles. The Bertz CT molecular complexity index is 429. The Kier molecular flexibility index (Phi) is 3.34. The molecule has 2 aromatic rings. The zero-order chi connectivity index (χ0) is 10.6. The summed E-state index contributed by atoms with van der Waals surface area (Å²) in [6, 6.07) is 7.12. The summed E-state index contributed by atoms with van der Waals surface area (Å²) in [6.07, 6.45) is 0. The number of nitrogens with zero attached hydrogens (tertiary/aromatic N) is 3. The first kappa shape index (κ1) is 10.4. The molecule has 2 rings (SSSR count). The fraction of sp³-hybridized carbons (Fsp3) is 0.300. The van der Waals surface area contributed by atoms with Crippen molar-refractivity contribution < 1.29 is 4.85 Å². The van der Waals surface area contributed by atoms with E-state index in [0.717, 1.165) is 0 Å². The van der Waals surface area contributed by atoms with Crippen LogP contribution in [0.4, 0.5) is 0 Å². The largest absolute Gasteiger partial charge is 0.594 e. The monoisotopic (exact) mass is 191 g/mol. The average molecular weight is 191 g/mol. The van der Waals surface area contributed by atoms with Crippen molar-refractivity contribution in [1.82, 2.24) is 10.1 Å². The van der Waals surface area contributed by atoms with Gasteiger partial charge in [0.05, 0.1) is 0 Å². The van der Waals surface area contributed by atoms with Gasteiger partial charge in [0.25, 0.3) is 5.52 Å². The van der Waals surface area contributed by atoms with Crippen molar-refractivity contribution in [3.63, 3.8) is 0 Å². The van der Waals surface area contributed by atoms with Crippen LogP contribution < -0.4 is 4.85 Å². The molecule has 0 radical (unpaired) electrons. The lowest BCUT2D eigenvalue weighted by Gasteiger charge is -1.97. The fourth-order valence-electron chi connectivity index (χ4n) is 1.10. The van der Waals surface area contributed by atoms with E-state index in [1.807, 2.05) is 19.9 Å². The maximum atomic E-state index is 11.2. The van der Waals surface area contributed by atoms with Gasteiger partial charge >= 0.3 is 0 Å². The van der Waals surface area contributed by atoms with Crippen LogP contribution in [-0.2, 0) is 0 Å². The van der Waals surface area contributed by atoms with E-state index < -0.39 is 0 Å². The highest BCUT2D eigenvalue weighted by molar-refractivity contribution is 5.69. The molecule has 0 saturated heterocycles. The number of para-hydroxylation sites is 2. The summed E-state index contributed by atoms with van der Waals surface area (Å²) >= 11 is 0. The quantitative estimate of drug-likeness (QED) is 0.469. The first-order valence-corrected chi connectivity index (χ1v) is 4.60. The van der Waals surface area contributed by atoms with Crippen LogP contribution in [0.2, 0.25) is 0 Å². The summed E-state index contributed by atoms with van der Waals surface area (Å²) in [7, 11) is 0. The van der Waals surface area contributed by atoms with Crippen LogP contribution in [-0.4, -0.2) is 10.1 Å². The minimum Gasteiger partial charge on any atom is -0.594 e. The second kappa shape index (κ2) is 4.50. The third-order valence-electron chi connectivity index (χ3n) is 1.61. The molecule has 0 saturated carbocycles. The third kappa shape index (κ3) is 1.96. The van der Waals surface area contributed by atoms with Crippen molar-refractivity contribution >= 4 is 11.0 Å². The van der Waals surface area contributed by atoms with E-state index in [2.05, 4.69) is 10.1 Å². The molecule has 0 unspecified atom stereocenters. The van der Waals surface area contributed by atoms with Crippen LogP contribution in [0.1, 0.15) is 19.7 Å². The van der Waals surface area contributed by atoms with Crippen LogP contribution in [0.15, 0.2) is 24.3 Å². The summed E-state index contributed by atoms with van der Waals surface area (Å²) in [6.45, 7) is 5.70. The van der Waals surface area contributed by atoms with Crippen LogP contribution in [0, 0.1) is 12.1 Å². The van der Waals surface area contributed by atoms with Crippen molar-refractivity contribution in [1.29, 1.82) is 0 Å². The molecule has 0 N–H and O–H groups in total. The van der Waals surface area contributed by atoms with Crippen molar-refractivity contribution in [3.05, 3.63) is 35.3 Å². The van der Waals surface area contributed by atoms with E-state index >= 15 is 0 Å². The van der Waals surface area contributed by atoms with E-state index in [9.17, 15) is 5.21 Å². The summed E-state index contributed by atoms with van der Waals surface area (Å²) in [5.74, 6) is 0.490. The molecule has 4 heteroatoms. The minimum atomic E-state index is 0.490. The lowest BCUT2D eigenvalue weighted by Crippen LogP contribution is -2.33. The molecule has 1 aromatic heterocycles.